The fourth-order valence-corrected chi connectivity index (χ4v) is 1.58. The van der Waals surface area contributed by atoms with Gasteiger partial charge < -0.3 is 5.73 Å². The topological polar surface area (TPSA) is 26.0 Å². The fraction of sp³-hybridized carbons (Fsp3) is 0.400. The van der Waals surface area contributed by atoms with Crippen molar-refractivity contribution in [3.8, 4) is 0 Å². The summed E-state index contributed by atoms with van der Waals surface area (Å²) in [5, 5.41) is 0.185. The summed E-state index contributed by atoms with van der Waals surface area (Å²) < 4.78 is 25.6. The van der Waals surface area contributed by atoms with Crippen LogP contribution in [0.3, 0.4) is 0 Å². The molecule has 0 aliphatic carbocycles. The van der Waals surface area contributed by atoms with Gasteiger partial charge in [-0.1, -0.05) is 24.9 Å². The van der Waals surface area contributed by atoms with Gasteiger partial charge in [0.2, 0.25) is 0 Å². The van der Waals surface area contributed by atoms with Gasteiger partial charge >= 0.3 is 0 Å². The van der Waals surface area contributed by atoms with Gasteiger partial charge in [-0.3, -0.25) is 0 Å². The Balaban J connectivity index is 3.02. The van der Waals surface area contributed by atoms with Gasteiger partial charge in [-0.15, -0.1) is 0 Å². The predicted molar refractivity (Wildman–Crippen MR) is 53.2 cm³/mol. The van der Waals surface area contributed by atoms with E-state index in [2.05, 4.69) is 0 Å². The van der Waals surface area contributed by atoms with Crippen LogP contribution in [0.25, 0.3) is 0 Å². The Hall–Kier alpha value is -0.670. The molecule has 0 heterocycles. The molecule has 1 rings (SSSR count). The minimum atomic E-state index is -0.942. The first-order valence-corrected chi connectivity index (χ1v) is 4.84. The molecule has 2 N–H and O–H groups in total. The third kappa shape index (κ3) is 2.42. The van der Waals surface area contributed by atoms with E-state index in [0.29, 0.717) is 12.0 Å². The van der Waals surface area contributed by atoms with Gasteiger partial charge in [0.25, 0.3) is 0 Å². The molecule has 0 fully saturated rings. The minimum absolute atomic E-state index is 0.185. The van der Waals surface area contributed by atoms with Gasteiger partial charge in [-0.05, 0) is 24.1 Å². The summed E-state index contributed by atoms with van der Waals surface area (Å²) >= 11 is 5.75. The quantitative estimate of drug-likeness (QED) is 0.775. The summed E-state index contributed by atoms with van der Waals surface area (Å²) in [5.41, 5.74) is 6.22. The van der Waals surface area contributed by atoms with Crippen LogP contribution in [0.4, 0.5) is 8.78 Å². The lowest BCUT2D eigenvalue weighted by Gasteiger charge is -2.12. The van der Waals surface area contributed by atoms with E-state index in [1.54, 1.807) is 0 Å². The SMILES string of the molecule is CCC[C@@H](N)c1cc(F)c(F)cc1Cl. The van der Waals surface area contributed by atoms with Crippen molar-refractivity contribution < 1.29 is 8.78 Å². The zero-order valence-corrected chi connectivity index (χ0v) is 8.61. The molecule has 1 nitrogen and oxygen atoms in total. The van der Waals surface area contributed by atoms with Crippen LogP contribution in [-0.2, 0) is 0 Å². The van der Waals surface area contributed by atoms with Gasteiger partial charge in [0.1, 0.15) is 0 Å². The minimum Gasteiger partial charge on any atom is -0.324 e. The molecule has 1 atom stereocenters. The summed E-state index contributed by atoms with van der Waals surface area (Å²) in [6.45, 7) is 1.97. The van der Waals surface area contributed by atoms with Crippen LogP contribution in [0.5, 0.6) is 0 Å². The van der Waals surface area contributed by atoms with E-state index in [1.807, 2.05) is 6.92 Å². The fourth-order valence-electron chi connectivity index (χ4n) is 1.29. The molecule has 0 radical (unpaired) electrons. The zero-order valence-electron chi connectivity index (χ0n) is 7.86. The number of benzene rings is 1. The van der Waals surface area contributed by atoms with Crippen molar-refractivity contribution in [3.63, 3.8) is 0 Å². The number of rotatable bonds is 3. The summed E-state index contributed by atoms with van der Waals surface area (Å²) in [6.07, 6.45) is 1.57. The third-order valence-electron chi connectivity index (χ3n) is 2.04. The van der Waals surface area contributed by atoms with Crippen molar-refractivity contribution in [2.24, 2.45) is 5.73 Å². The molecule has 0 aromatic heterocycles. The second-order valence-electron chi connectivity index (χ2n) is 3.18. The average Bonchev–Trinajstić information content (AvgIpc) is 2.11. The molecule has 14 heavy (non-hydrogen) atoms. The maximum absolute atomic E-state index is 12.9. The molecule has 0 aliphatic heterocycles. The first-order valence-electron chi connectivity index (χ1n) is 4.46. The highest BCUT2D eigenvalue weighted by molar-refractivity contribution is 6.31. The lowest BCUT2D eigenvalue weighted by atomic mass is 10.0. The van der Waals surface area contributed by atoms with Gasteiger partial charge in [0, 0.05) is 11.1 Å². The highest BCUT2D eigenvalue weighted by atomic mass is 35.5. The Bertz CT molecular complexity index is 328. The largest absolute Gasteiger partial charge is 0.324 e. The van der Waals surface area contributed by atoms with Crippen molar-refractivity contribution >= 4 is 11.6 Å². The highest BCUT2D eigenvalue weighted by Crippen LogP contribution is 2.26. The monoisotopic (exact) mass is 219 g/mol. The molecular formula is C10H12ClF2N. The standard InChI is InChI=1S/C10H12ClF2N/c1-2-3-10(14)6-4-8(12)9(13)5-7(6)11/h4-5,10H,2-3,14H2,1H3/t10-/m1/s1. The van der Waals surface area contributed by atoms with Crippen LogP contribution in [0.15, 0.2) is 12.1 Å². The first-order chi connectivity index (χ1) is 6.56. The molecule has 0 spiro atoms. The van der Waals surface area contributed by atoms with E-state index in [9.17, 15) is 8.78 Å². The van der Waals surface area contributed by atoms with Crippen LogP contribution >= 0.6 is 11.6 Å². The first kappa shape index (κ1) is 11.4. The molecule has 1 aromatic rings. The summed E-state index contributed by atoms with van der Waals surface area (Å²) in [4.78, 5) is 0. The van der Waals surface area contributed by atoms with Gasteiger partial charge in [0.05, 0.1) is 0 Å². The average molecular weight is 220 g/mol. The van der Waals surface area contributed by atoms with Crippen LogP contribution in [0, 0.1) is 11.6 Å². The molecule has 78 valence electrons. The second-order valence-corrected chi connectivity index (χ2v) is 3.59. The Morgan fingerprint density at radius 1 is 1.36 bits per heavy atom. The molecule has 0 bridgehead atoms. The van der Waals surface area contributed by atoms with E-state index < -0.39 is 11.6 Å². The molecule has 0 saturated carbocycles. The highest BCUT2D eigenvalue weighted by Gasteiger charge is 2.13. The molecular weight excluding hydrogens is 208 g/mol. The molecule has 0 saturated heterocycles. The maximum atomic E-state index is 12.9. The Kier molecular flexibility index (Phi) is 3.84. The lowest BCUT2D eigenvalue weighted by Crippen LogP contribution is -2.11. The van der Waals surface area contributed by atoms with Crippen molar-refractivity contribution in [3.05, 3.63) is 34.4 Å². The van der Waals surface area contributed by atoms with E-state index >= 15 is 0 Å². The Labute approximate surface area is 86.9 Å². The van der Waals surface area contributed by atoms with Crippen LogP contribution in [0.1, 0.15) is 31.4 Å². The summed E-state index contributed by atoms with van der Waals surface area (Å²) in [5.74, 6) is -1.85. The van der Waals surface area contributed by atoms with Crippen LogP contribution in [-0.4, -0.2) is 0 Å². The predicted octanol–water partition coefficient (Wildman–Crippen LogP) is 3.42. The van der Waals surface area contributed by atoms with Crippen molar-refractivity contribution in [2.45, 2.75) is 25.8 Å². The van der Waals surface area contributed by atoms with Crippen LogP contribution in [0.2, 0.25) is 5.02 Å². The number of nitrogens with two attached hydrogens (primary N) is 1. The van der Waals surface area contributed by atoms with Crippen molar-refractivity contribution in [1.29, 1.82) is 0 Å². The van der Waals surface area contributed by atoms with Crippen LogP contribution < -0.4 is 5.73 Å². The smallest absolute Gasteiger partial charge is 0.160 e. The third-order valence-corrected chi connectivity index (χ3v) is 2.37. The molecule has 0 aliphatic rings. The number of halogens is 3. The molecule has 0 unspecified atom stereocenters. The number of hydrogen-bond donors (Lipinski definition) is 1. The summed E-state index contributed by atoms with van der Waals surface area (Å²) in [7, 11) is 0. The summed E-state index contributed by atoms with van der Waals surface area (Å²) in [6, 6.07) is 1.70. The maximum Gasteiger partial charge on any atom is 0.160 e. The Morgan fingerprint density at radius 3 is 2.50 bits per heavy atom. The molecule has 1 aromatic carbocycles. The van der Waals surface area contributed by atoms with Gasteiger partial charge in [0.15, 0.2) is 11.6 Å². The van der Waals surface area contributed by atoms with Crippen molar-refractivity contribution in [1.82, 2.24) is 0 Å². The van der Waals surface area contributed by atoms with Gasteiger partial charge in [-0.25, -0.2) is 8.78 Å². The molecule has 4 heteroatoms. The Morgan fingerprint density at radius 2 is 1.93 bits per heavy atom. The van der Waals surface area contributed by atoms with E-state index in [0.717, 1.165) is 18.6 Å². The second kappa shape index (κ2) is 4.71. The van der Waals surface area contributed by atoms with E-state index in [-0.39, 0.29) is 11.1 Å². The normalized spacial score (nSPS) is 12.9. The number of hydrogen-bond acceptors (Lipinski definition) is 1. The molecule has 0 amide bonds. The van der Waals surface area contributed by atoms with Gasteiger partial charge in [-0.2, -0.15) is 0 Å². The van der Waals surface area contributed by atoms with Crippen molar-refractivity contribution in [2.75, 3.05) is 0 Å². The van der Waals surface area contributed by atoms with E-state index in [1.165, 1.54) is 0 Å². The lowest BCUT2D eigenvalue weighted by molar-refractivity contribution is 0.504. The van der Waals surface area contributed by atoms with E-state index in [4.69, 9.17) is 17.3 Å². The zero-order chi connectivity index (χ0) is 10.7.